The minimum absolute atomic E-state index is 0.174. The van der Waals surface area contributed by atoms with Crippen LogP contribution in [0.3, 0.4) is 0 Å². The second kappa shape index (κ2) is 10.0. The van der Waals surface area contributed by atoms with Crippen molar-refractivity contribution in [1.82, 2.24) is 10.2 Å². The summed E-state index contributed by atoms with van der Waals surface area (Å²) in [6.07, 6.45) is 2.14. The van der Waals surface area contributed by atoms with Crippen LogP contribution in [0.5, 0.6) is 17.2 Å². The summed E-state index contributed by atoms with van der Waals surface area (Å²) in [4.78, 5) is 38.2. The molecule has 0 atom stereocenters. The van der Waals surface area contributed by atoms with Crippen LogP contribution in [0.15, 0.2) is 47.4 Å². The van der Waals surface area contributed by atoms with Gasteiger partial charge in [-0.15, -0.1) is 0 Å². The molecule has 2 N–H and O–H groups in total. The molecule has 0 aliphatic carbocycles. The van der Waals surface area contributed by atoms with Crippen LogP contribution in [0.25, 0.3) is 6.08 Å². The molecule has 0 radical (unpaired) electrons. The van der Waals surface area contributed by atoms with E-state index in [4.69, 9.17) is 9.47 Å². The number of nitrogens with one attached hydrogen (secondary N) is 1. The molecular weight excluding hydrogens is 420 g/mol. The number of imide groups is 1. The van der Waals surface area contributed by atoms with Crippen molar-refractivity contribution in [1.29, 1.82) is 0 Å². The van der Waals surface area contributed by atoms with Crippen molar-refractivity contribution in [2.45, 2.75) is 6.42 Å². The van der Waals surface area contributed by atoms with Crippen LogP contribution in [0.1, 0.15) is 11.1 Å². The molecule has 31 heavy (non-hydrogen) atoms. The van der Waals surface area contributed by atoms with E-state index in [-0.39, 0.29) is 17.2 Å². The summed E-state index contributed by atoms with van der Waals surface area (Å²) in [6.45, 7) is 0.00479. The lowest BCUT2D eigenvalue weighted by Crippen LogP contribution is -2.40. The van der Waals surface area contributed by atoms with E-state index in [0.29, 0.717) is 30.0 Å². The number of nitrogens with zero attached hydrogens (tertiary/aromatic N) is 1. The molecule has 9 heteroatoms. The summed E-state index contributed by atoms with van der Waals surface area (Å²) in [5.41, 5.74) is 1.61. The van der Waals surface area contributed by atoms with Crippen molar-refractivity contribution in [3.63, 3.8) is 0 Å². The average Bonchev–Trinajstić information content (AvgIpc) is 3.02. The topological polar surface area (TPSA) is 105 Å². The molecule has 3 rings (SSSR count). The number of methoxy groups -OCH3 is 2. The lowest BCUT2D eigenvalue weighted by Gasteiger charge is -2.12. The maximum atomic E-state index is 12.6. The Balaban J connectivity index is 1.58. The summed E-state index contributed by atoms with van der Waals surface area (Å²) in [6, 6.07) is 11.8. The number of amides is 3. The number of thioether (sulfide) groups is 1. The zero-order valence-corrected chi connectivity index (χ0v) is 17.9. The van der Waals surface area contributed by atoms with Gasteiger partial charge in [0.1, 0.15) is 12.3 Å². The van der Waals surface area contributed by atoms with Gasteiger partial charge in [-0.2, -0.15) is 0 Å². The zero-order valence-electron chi connectivity index (χ0n) is 17.1. The first kappa shape index (κ1) is 22.2. The van der Waals surface area contributed by atoms with E-state index in [0.717, 1.165) is 22.2 Å². The van der Waals surface area contributed by atoms with Gasteiger partial charge in [0.05, 0.1) is 19.1 Å². The van der Waals surface area contributed by atoms with Crippen LogP contribution < -0.4 is 14.8 Å². The Bertz CT molecular complexity index is 1020. The van der Waals surface area contributed by atoms with Gasteiger partial charge in [0.15, 0.2) is 11.5 Å². The molecule has 0 unspecified atom stereocenters. The van der Waals surface area contributed by atoms with Gasteiger partial charge in [-0.1, -0.05) is 18.2 Å². The lowest BCUT2D eigenvalue weighted by molar-refractivity contribution is -0.129. The highest BCUT2D eigenvalue weighted by molar-refractivity contribution is 8.18. The van der Waals surface area contributed by atoms with Crippen molar-refractivity contribution in [3.05, 3.63) is 58.5 Å². The molecule has 1 saturated heterocycles. The maximum absolute atomic E-state index is 12.6. The minimum atomic E-state index is -0.515. The van der Waals surface area contributed by atoms with E-state index in [1.165, 1.54) is 14.2 Å². The summed E-state index contributed by atoms with van der Waals surface area (Å²) < 4.78 is 10.4. The second-order valence-electron chi connectivity index (χ2n) is 6.65. The zero-order chi connectivity index (χ0) is 22.4. The predicted molar refractivity (Wildman–Crippen MR) is 117 cm³/mol. The van der Waals surface area contributed by atoms with Gasteiger partial charge in [0.2, 0.25) is 5.91 Å². The Labute approximate surface area is 183 Å². The summed E-state index contributed by atoms with van der Waals surface area (Å²) in [5.74, 6) is 0.292. The Morgan fingerprint density at radius 2 is 1.81 bits per heavy atom. The van der Waals surface area contributed by atoms with Gasteiger partial charge in [0, 0.05) is 6.54 Å². The van der Waals surface area contributed by atoms with Crippen molar-refractivity contribution in [3.8, 4) is 17.2 Å². The Morgan fingerprint density at radius 1 is 1.10 bits per heavy atom. The lowest BCUT2D eigenvalue weighted by atomic mass is 10.1. The van der Waals surface area contributed by atoms with Crippen LogP contribution in [0, 0.1) is 0 Å². The molecule has 1 heterocycles. The third kappa shape index (κ3) is 5.58. The molecule has 1 fully saturated rings. The van der Waals surface area contributed by atoms with Crippen molar-refractivity contribution >= 4 is 34.9 Å². The van der Waals surface area contributed by atoms with Gasteiger partial charge < -0.3 is 19.9 Å². The average molecular weight is 442 g/mol. The van der Waals surface area contributed by atoms with Crippen LogP contribution in [0.2, 0.25) is 0 Å². The first-order chi connectivity index (χ1) is 14.9. The minimum Gasteiger partial charge on any atom is -0.508 e. The molecule has 162 valence electrons. The predicted octanol–water partition coefficient (Wildman–Crippen LogP) is 2.80. The number of rotatable bonds is 8. The quantitative estimate of drug-likeness (QED) is 0.606. The normalized spacial score (nSPS) is 14.8. The van der Waals surface area contributed by atoms with E-state index < -0.39 is 17.1 Å². The van der Waals surface area contributed by atoms with Gasteiger partial charge >= 0.3 is 0 Å². The van der Waals surface area contributed by atoms with Gasteiger partial charge in [-0.3, -0.25) is 19.3 Å². The van der Waals surface area contributed by atoms with E-state index in [2.05, 4.69) is 5.32 Å². The number of carbonyl (C=O) groups excluding carboxylic acids is 3. The highest BCUT2D eigenvalue weighted by atomic mass is 32.2. The van der Waals surface area contributed by atoms with Crippen molar-refractivity contribution in [2.24, 2.45) is 0 Å². The second-order valence-corrected chi connectivity index (χ2v) is 7.64. The summed E-state index contributed by atoms with van der Waals surface area (Å²) in [5, 5.41) is 11.5. The molecule has 0 aromatic heterocycles. The highest BCUT2D eigenvalue weighted by Gasteiger charge is 2.36. The maximum Gasteiger partial charge on any atom is 0.294 e. The molecule has 2 aromatic rings. The number of benzene rings is 2. The number of carbonyl (C=O) groups is 3. The summed E-state index contributed by atoms with van der Waals surface area (Å²) in [7, 11) is 3.04. The Hall–Kier alpha value is -3.46. The highest BCUT2D eigenvalue weighted by Crippen LogP contribution is 2.34. The largest absolute Gasteiger partial charge is 0.508 e. The van der Waals surface area contributed by atoms with E-state index in [9.17, 15) is 19.5 Å². The first-order valence-electron chi connectivity index (χ1n) is 9.43. The van der Waals surface area contributed by atoms with Crippen LogP contribution in [-0.2, 0) is 16.0 Å². The van der Waals surface area contributed by atoms with E-state index >= 15 is 0 Å². The number of ether oxygens (including phenoxy) is 2. The molecule has 1 aliphatic heterocycles. The van der Waals surface area contributed by atoms with Crippen molar-refractivity contribution < 1.29 is 29.0 Å². The molecule has 0 bridgehead atoms. The Morgan fingerprint density at radius 3 is 2.48 bits per heavy atom. The number of phenolic OH excluding ortho intramolecular Hbond substituents is 1. The smallest absolute Gasteiger partial charge is 0.294 e. The molecule has 0 spiro atoms. The fourth-order valence-electron chi connectivity index (χ4n) is 2.94. The number of phenols is 1. The Kier molecular flexibility index (Phi) is 7.19. The fourth-order valence-corrected chi connectivity index (χ4v) is 3.78. The van der Waals surface area contributed by atoms with E-state index in [1.807, 2.05) is 0 Å². The van der Waals surface area contributed by atoms with Gasteiger partial charge in [-0.05, 0) is 59.7 Å². The molecule has 0 saturated carbocycles. The number of hydrogen-bond acceptors (Lipinski definition) is 7. The summed E-state index contributed by atoms with van der Waals surface area (Å²) >= 11 is 0.787. The monoisotopic (exact) mass is 442 g/mol. The van der Waals surface area contributed by atoms with Crippen LogP contribution in [0.4, 0.5) is 4.79 Å². The number of aromatic hydroxyl groups is 1. The van der Waals surface area contributed by atoms with Gasteiger partial charge in [-0.25, -0.2) is 0 Å². The van der Waals surface area contributed by atoms with E-state index in [1.54, 1.807) is 48.5 Å². The standard InChI is InChI=1S/C22H22N2O6S/c1-29-17-8-5-15(11-18(17)30-2)12-19-21(27)24(22(28)31-19)13-20(26)23-10-9-14-3-6-16(25)7-4-14/h3-8,11-12,25H,9-10,13H2,1-2H3,(H,23,26). The third-order valence-electron chi connectivity index (χ3n) is 4.55. The van der Waals surface area contributed by atoms with Gasteiger partial charge in [0.25, 0.3) is 11.1 Å². The van der Waals surface area contributed by atoms with Crippen LogP contribution in [-0.4, -0.2) is 54.4 Å². The molecule has 3 amide bonds. The molecule has 1 aliphatic rings. The fraction of sp³-hybridized carbons (Fsp3) is 0.227. The van der Waals surface area contributed by atoms with Crippen molar-refractivity contribution in [2.75, 3.05) is 27.3 Å². The first-order valence-corrected chi connectivity index (χ1v) is 10.2. The molecule has 8 nitrogen and oxygen atoms in total. The third-order valence-corrected chi connectivity index (χ3v) is 5.46. The number of hydrogen-bond donors (Lipinski definition) is 2. The molecule has 2 aromatic carbocycles. The SMILES string of the molecule is COc1ccc(C=C2SC(=O)N(CC(=O)NCCc3ccc(O)cc3)C2=O)cc1OC. The molecular formula is C22H22N2O6S. The van der Waals surface area contributed by atoms with Crippen LogP contribution >= 0.6 is 11.8 Å².